The van der Waals surface area contributed by atoms with Gasteiger partial charge in [-0.15, -0.1) is 0 Å². The van der Waals surface area contributed by atoms with E-state index in [0.717, 1.165) is 6.42 Å². The van der Waals surface area contributed by atoms with Crippen molar-refractivity contribution in [3.8, 4) is 0 Å². The number of carbonyl (C=O) groups is 1. The molecule has 2 N–H and O–H groups in total. The number of carbonyl (C=O) groups excluding carboxylic acids is 1. The summed E-state index contributed by atoms with van der Waals surface area (Å²) in [5.41, 5.74) is 5.92. The number of hydrogen-bond donors (Lipinski definition) is 1. The highest BCUT2D eigenvalue weighted by atomic mass is 32.1. The van der Waals surface area contributed by atoms with Crippen LogP contribution in [0.25, 0.3) is 0 Å². The number of nitrogens with zero attached hydrogens (tertiary/aromatic N) is 3. The van der Waals surface area contributed by atoms with Crippen molar-refractivity contribution in [2.75, 3.05) is 24.6 Å². The summed E-state index contributed by atoms with van der Waals surface area (Å²) in [6.45, 7) is 5.02. The van der Waals surface area contributed by atoms with Crippen molar-refractivity contribution in [2.24, 2.45) is 5.73 Å². The molecule has 0 unspecified atom stereocenters. The largest absolute Gasteiger partial charge is 0.465 e. The van der Waals surface area contributed by atoms with Gasteiger partial charge >= 0.3 is 5.97 Å². The van der Waals surface area contributed by atoms with Crippen LogP contribution < -0.4 is 10.6 Å². The number of nitrogens with two attached hydrogens (primary N) is 1. The lowest BCUT2D eigenvalue weighted by atomic mass is 10.4. The molecule has 0 amide bonds. The van der Waals surface area contributed by atoms with Gasteiger partial charge in [0.25, 0.3) is 0 Å². The fraction of sp³-hybridized carbons (Fsp3) is 0.500. The molecule has 0 aromatic carbocycles. The molecule has 0 bridgehead atoms. The van der Waals surface area contributed by atoms with Gasteiger partial charge in [0.05, 0.1) is 19.0 Å². The average Bonchev–Trinajstić information content (AvgIpc) is 2.38. The van der Waals surface area contributed by atoms with Crippen LogP contribution in [0.5, 0.6) is 0 Å². The monoisotopic (exact) mass is 282 g/mol. The van der Waals surface area contributed by atoms with Gasteiger partial charge in [0.2, 0.25) is 0 Å². The van der Waals surface area contributed by atoms with Crippen molar-refractivity contribution in [2.45, 2.75) is 20.3 Å². The zero-order chi connectivity index (χ0) is 14.3. The lowest BCUT2D eigenvalue weighted by molar-refractivity contribution is -0.141. The summed E-state index contributed by atoms with van der Waals surface area (Å²) in [7, 11) is 0. The fourth-order valence-corrected chi connectivity index (χ4v) is 1.62. The summed E-state index contributed by atoms with van der Waals surface area (Å²) in [4.78, 5) is 21.9. The van der Waals surface area contributed by atoms with E-state index in [-0.39, 0.29) is 17.5 Å². The van der Waals surface area contributed by atoms with Gasteiger partial charge < -0.3 is 15.4 Å². The van der Waals surface area contributed by atoms with E-state index in [4.69, 9.17) is 22.7 Å². The Morgan fingerprint density at radius 1 is 1.42 bits per heavy atom. The predicted molar refractivity (Wildman–Crippen MR) is 77.1 cm³/mol. The van der Waals surface area contributed by atoms with E-state index in [1.807, 2.05) is 11.8 Å². The molecule has 104 valence electrons. The first-order valence-electron chi connectivity index (χ1n) is 6.10. The van der Waals surface area contributed by atoms with E-state index >= 15 is 0 Å². The normalized spacial score (nSPS) is 10.0. The molecule has 0 radical (unpaired) electrons. The lowest BCUT2D eigenvalue weighted by Gasteiger charge is -2.21. The van der Waals surface area contributed by atoms with E-state index in [1.54, 1.807) is 13.1 Å². The molecule has 1 aromatic rings. The van der Waals surface area contributed by atoms with Crippen LogP contribution in [0.2, 0.25) is 0 Å². The Morgan fingerprint density at radius 2 is 2.16 bits per heavy atom. The molecule has 0 aliphatic rings. The second-order valence-corrected chi connectivity index (χ2v) is 4.29. The zero-order valence-electron chi connectivity index (χ0n) is 11.1. The van der Waals surface area contributed by atoms with Crippen molar-refractivity contribution in [1.82, 2.24) is 9.97 Å². The number of hydrogen-bond acceptors (Lipinski definition) is 6. The van der Waals surface area contributed by atoms with Crippen molar-refractivity contribution >= 4 is 29.0 Å². The SMILES string of the molecule is CCCN(CC(=O)OCC)c1cnc(C(N)=S)cn1. The molecule has 0 fully saturated rings. The molecule has 0 saturated heterocycles. The summed E-state index contributed by atoms with van der Waals surface area (Å²) < 4.78 is 4.93. The van der Waals surface area contributed by atoms with E-state index in [2.05, 4.69) is 9.97 Å². The summed E-state index contributed by atoms with van der Waals surface area (Å²) >= 11 is 4.81. The van der Waals surface area contributed by atoms with Crippen LogP contribution in [0, 0.1) is 0 Å². The minimum Gasteiger partial charge on any atom is -0.465 e. The van der Waals surface area contributed by atoms with Crippen LogP contribution in [-0.4, -0.2) is 40.6 Å². The topological polar surface area (TPSA) is 81.3 Å². The molecule has 0 aliphatic heterocycles. The Balaban J connectivity index is 2.80. The summed E-state index contributed by atoms with van der Waals surface area (Å²) in [5, 5.41) is 0. The molecule has 1 aromatic heterocycles. The molecule has 1 rings (SSSR count). The molecule has 0 aliphatic carbocycles. The summed E-state index contributed by atoms with van der Waals surface area (Å²) in [6.07, 6.45) is 3.95. The van der Waals surface area contributed by atoms with E-state index < -0.39 is 0 Å². The van der Waals surface area contributed by atoms with Crippen molar-refractivity contribution < 1.29 is 9.53 Å². The number of aromatic nitrogens is 2. The van der Waals surface area contributed by atoms with E-state index in [1.165, 1.54) is 6.20 Å². The van der Waals surface area contributed by atoms with Crippen LogP contribution in [0.1, 0.15) is 26.0 Å². The maximum absolute atomic E-state index is 11.5. The van der Waals surface area contributed by atoms with Gasteiger partial charge in [0, 0.05) is 6.54 Å². The highest BCUT2D eigenvalue weighted by Crippen LogP contribution is 2.09. The third-order valence-electron chi connectivity index (χ3n) is 2.33. The standard InChI is InChI=1S/C12H18N4O2S/c1-3-5-16(8-11(17)18-4-2)10-7-14-9(6-15-10)12(13)19/h6-7H,3-5,8H2,1-2H3,(H2,13,19). The van der Waals surface area contributed by atoms with Gasteiger partial charge in [-0.1, -0.05) is 19.1 Å². The zero-order valence-corrected chi connectivity index (χ0v) is 11.9. The second-order valence-electron chi connectivity index (χ2n) is 3.85. The molecule has 0 spiro atoms. The molecular weight excluding hydrogens is 264 g/mol. The summed E-state index contributed by atoms with van der Waals surface area (Å²) in [5.74, 6) is 0.325. The fourth-order valence-electron chi connectivity index (χ4n) is 1.52. The smallest absolute Gasteiger partial charge is 0.325 e. The van der Waals surface area contributed by atoms with Crippen molar-refractivity contribution in [3.63, 3.8) is 0 Å². The number of rotatable bonds is 7. The number of esters is 1. The molecule has 6 nitrogen and oxygen atoms in total. The van der Waals surface area contributed by atoms with Crippen LogP contribution >= 0.6 is 12.2 Å². The first kappa shape index (κ1) is 15.3. The molecule has 7 heteroatoms. The summed E-state index contributed by atoms with van der Waals surface area (Å²) in [6, 6.07) is 0. The Labute approximate surface area is 118 Å². The Morgan fingerprint density at radius 3 is 2.63 bits per heavy atom. The maximum atomic E-state index is 11.5. The number of anilines is 1. The Hall–Kier alpha value is -1.76. The van der Waals surface area contributed by atoms with Gasteiger partial charge in [-0.3, -0.25) is 4.79 Å². The molecule has 0 saturated carbocycles. The van der Waals surface area contributed by atoms with E-state index in [9.17, 15) is 4.79 Å². The molecule has 19 heavy (non-hydrogen) atoms. The Bertz CT molecular complexity index is 436. The predicted octanol–water partition coefficient (Wildman–Crippen LogP) is 0.890. The van der Waals surface area contributed by atoms with Gasteiger partial charge in [0.15, 0.2) is 0 Å². The first-order valence-corrected chi connectivity index (χ1v) is 6.51. The lowest BCUT2D eigenvalue weighted by Crippen LogP contribution is -2.32. The molecular formula is C12H18N4O2S. The minimum absolute atomic E-state index is 0.156. The molecule has 0 atom stereocenters. The number of thiocarbonyl (C=S) groups is 1. The third-order valence-corrected chi connectivity index (χ3v) is 2.54. The van der Waals surface area contributed by atoms with E-state index in [0.29, 0.717) is 24.7 Å². The van der Waals surface area contributed by atoms with Crippen molar-refractivity contribution in [1.29, 1.82) is 0 Å². The van der Waals surface area contributed by atoms with Gasteiger partial charge in [-0.05, 0) is 13.3 Å². The quantitative estimate of drug-likeness (QED) is 0.587. The highest BCUT2D eigenvalue weighted by Gasteiger charge is 2.13. The van der Waals surface area contributed by atoms with Crippen LogP contribution in [0.3, 0.4) is 0 Å². The maximum Gasteiger partial charge on any atom is 0.325 e. The third kappa shape index (κ3) is 4.78. The first-order chi connectivity index (χ1) is 9.08. The van der Waals surface area contributed by atoms with Crippen LogP contribution in [0.15, 0.2) is 12.4 Å². The van der Waals surface area contributed by atoms with Crippen molar-refractivity contribution in [3.05, 3.63) is 18.1 Å². The van der Waals surface area contributed by atoms with Gasteiger partial charge in [-0.2, -0.15) is 0 Å². The van der Waals surface area contributed by atoms with Crippen LogP contribution in [-0.2, 0) is 9.53 Å². The van der Waals surface area contributed by atoms with Crippen LogP contribution in [0.4, 0.5) is 5.82 Å². The second kappa shape index (κ2) is 7.63. The van der Waals surface area contributed by atoms with Gasteiger partial charge in [-0.25, -0.2) is 9.97 Å². The highest BCUT2D eigenvalue weighted by molar-refractivity contribution is 7.80. The number of ether oxygens (including phenoxy) is 1. The minimum atomic E-state index is -0.281. The van der Waals surface area contributed by atoms with Gasteiger partial charge in [0.1, 0.15) is 23.0 Å². The Kier molecular flexibility index (Phi) is 6.14. The average molecular weight is 282 g/mol. The molecule has 1 heterocycles.